The zero-order valence-corrected chi connectivity index (χ0v) is 12.4. The van der Waals surface area contributed by atoms with E-state index in [-0.39, 0.29) is 0 Å². The fourth-order valence-electron chi connectivity index (χ4n) is 3.40. The van der Waals surface area contributed by atoms with Crippen LogP contribution >= 0.6 is 0 Å². The molecule has 0 bridgehead atoms. The molecule has 1 aliphatic rings. The van der Waals surface area contributed by atoms with Gasteiger partial charge in [-0.05, 0) is 62.5 Å². The van der Waals surface area contributed by atoms with Gasteiger partial charge >= 0.3 is 0 Å². The second-order valence-corrected chi connectivity index (χ2v) is 6.03. The van der Waals surface area contributed by atoms with Gasteiger partial charge in [0.05, 0.1) is 0 Å². The number of hydrogen-bond acceptors (Lipinski definition) is 3. The Hall–Kier alpha value is -0.930. The van der Waals surface area contributed by atoms with Gasteiger partial charge in [-0.2, -0.15) is 0 Å². The highest BCUT2D eigenvalue weighted by Crippen LogP contribution is 2.34. The zero-order valence-electron chi connectivity index (χ0n) is 12.4. The van der Waals surface area contributed by atoms with Crippen molar-refractivity contribution >= 4 is 0 Å². The van der Waals surface area contributed by atoms with Crippen LogP contribution in [-0.2, 0) is 6.54 Å². The summed E-state index contributed by atoms with van der Waals surface area (Å²) in [6.45, 7) is 6.92. The molecule has 1 N–H and O–H groups in total. The van der Waals surface area contributed by atoms with Crippen molar-refractivity contribution in [2.24, 2.45) is 5.41 Å². The first-order valence-corrected chi connectivity index (χ1v) is 7.52. The first-order valence-electron chi connectivity index (χ1n) is 7.52. The van der Waals surface area contributed by atoms with Crippen molar-refractivity contribution in [2.75, 3.05) is 26.7 Å². The van der Waals surface area contributed by atoms with Crippen molar-refractivity contribution in [3.63, 3.8) is 0 Å². The summed E-state index contributed by atoms with van der Waals surface area (Å²) in [6, 6.07) is 4.23. The summed E-state index contributed by atoms with van der Waals surface area (Å²) in [5.41, 5.74) is 1.89. The maximum absolute atomic E-state index is 4.08. The third kappa shape index (κ3) is 4.29. The molecule has 2 heterocycles. The van der Waals surface area contributed by atoms with E-state index in [9.17, 15) is 0 Å². The molecule has 0 aromatic carbocycles. The van der Waals surface area contributed by atoms with Gasteiger partial charge in [0.15, 0.2) is 0 Å². The molecule has 0 radical (unpaired) electrons. The van der Waals surface area contributed by atoms with Crippen LogP contribution in [0.5, 0.6) is 0 Å². The highest BCUT2D eigenvalue weighted by molar-refractivity contribution is 5.09. The quantitative estimate of drug-likeness (QED) is 0.853. The number of pyridine rings is 1. The first-order chi connectivity index (χ1) is 9.24. The maximum atomic E-state index is 4.08. The van der Waals surface area contributed by atoms with Gasteiger partial charge in [0.2, 0.25) is 0 Å². The van der Waals surface area contributed by atoms with Crippen LogP contribution in [0.3, 0.4) is 0 Å². The lowest BCUT2D eigenvalue weighted by Gasteiger charge is -2.40. The van der Waals surface area contributed by atoms with Crippen molar-refractivity contribution in [3.05, 3.63) is 30.1 Å². The summed E-state index contributed by atoms with van der Waals surface area (Å²) in [5.74, 6) is 0. The largest absolute Gasteiger partial charge is 0.317 e. The molecule has 0 unspecified atom stereocenters. The van der Waals surface area contributed by atoms with Gasteiger partial charge in [0.25, 0.3) is 0 Å². The predicted molar refractivity (Wildman–Crippen MR) is 80.0 cm³/mol. The van der Waals surface area contributed by atoms with Crippen molar-refractivity contribution in [1.82, 2.24) is 15.2 Å². The van der Waals surface area contributed by atoms with Crippen LogP contribution < -0.4 is 5.32 Å². The molecule has 2 rings (SSSR count). The molecule has 0 aliphatic carbocycles. The monoisotopic (exact) mass is 261 g/mol. The Labute approximate surface area is 117 Å². The first kappa shape index (κ1) is 14.5. The minimum atomic E-state index is 0.530. The van der Waals surface area contributed by atoms with Gasteiger partial charge in [-0.3, -0.25) is 4.98 Å². The molecular formula is C16H27N3. The Morgan fingerprint density at radius 1 is 1.26 bits per heavy atom. The summed E-state index contributed by atoms with van der Waals surface area (Å²) in [4.78, 5) is 6.57. The molecule has 1 saturated heterocycles. The highest BCUT2D eigenvalue weighted by atomic mass is 15.1. The summed E-state index contributed by atoms with van der Waals surface area (Å²) < 4.78 is 0. The average Bonchev–Trinajstić information content (AvgIpc) is 2.40. The van der Waals surface area contributed by atoms with Crippen molar-refractivity contribution in [2.45, 2.75) is 39.2 Å². The molecule has 1 aliphatic heterocycles. The molecule has 1 fully saturated rings. The Balaban J connectivity index is 1.93. The lowest BCUT2D eigenvalue weighted by atomic mass is 9.75. The van der Waals surface area contributed by atoms with E-state index in [4.69, 9.17) is 0 Å². The Morgan fingerprint density at radius 2 is 1.95 bits per heavy atom. The standard InChI is InChI=1S/C16H27N3/c1-3-6-16(7-11-18-12-8-16)14-19(2)13-15-4-9-17-10-5-15/h4-5,9-10,18H,3,6-8,11-14H2,1-2H3. The fourth-order valence-corrected chi connectivity index (χ4v) is 3.40. The van der Waals surface area contributed by atoms with E-state index < -0.39 is 0 Å². The molecule has 0 saturated carbocycles. The van der Waals surface area contributed by atoms with Crippen LogP contribution in [0.15, 0.2) is 24.5 Å². The van der Waals surface area contributed by atoms with Crippen molar-refractivity contribution in [3.8, 4) is 0 Å². The normalized spacial score (nSPS) is 18.7. The Morgan fingerprint density at radius 3 is 2.58 bits per heavy atom. The lowest BCUT2D eigenvalue weighted by Crippen LogP contribution is -2.43. The Kier molecular flexibility index (Phi) is 5.34. The molecule has 3 heteroatoms. The SMILES string of the molecule is CCCC1(CN(C)Cc2ccncc2)CCNCC1. The van der Waals surface area contributed by atoms with Gasteiger partial charge in [-0.1, -0.05) is 13.3 Å². The average molecular weight is 261 g/mol. The number of nitrogens with one attached hydrogen (secondary N) is 1. The van der Waals surface area contributed by atoms with Crippen LogP contribution in [0.25, 0.3) is 0 Å². The molecule has 3 nitrogen and oxygen atoms in total. The molecular weight excluding hydrogens is 234 g/mol. The maximum Gasteiger partial charge on any atom is 0.0271 e. The molecule has 0 atom stereocenters. The summed E-state index contributed by atoms with van der Waals surface area (Å²) in [5, 5.41) is 3.49. The van der Waals surface area contributed by atoms with Crippen LogP contribution in [0.4, 0.5) is 0 Å². The fraction of sp³-hybridized carbons (Fsp3) is 0.688. The van der Waals surface area contributed by atoms with E-state index in [0.717, 1.165) is 6.54 Å². The topological polar surface area (TPSA) is 28.2 Å². The second-order valence-electron chi connectivity index (χ2n) is 6.03. The molecule has 0 amide bonds. The van der Waals surface area contributed by atoms with E-state index in [1.807, 2.05) is 12.4 Å². The van der Waals surface area contributed by atoms with E-state index in [1.165, 1.54) is 50.9 Å². The number of hydrogen-bond donors (Lipinski definition) is 1. The van der Waals surface area contributed by atoms with Gasteiger partial charge in [-0.25, -0.2) is 0 Å². The third-order valence-corrected chi connectivity index (χ3v) is 4.25. The van der Waals surface area contributed by atoms with Gasteiger partial charge in [0.1, 0.15) is 0 Å². The smallest absolute Gasteiger partial charge is 0.0271 e. The molecule has 1 aromatic heterocycles. The number of piperidine rings is 1. The molecule has 106 valence electrons. The van der Waals surface area contributed by atoms with Crippen LogP contribution in [0, 0.1) is 5.41 Å². The van der Waals surface area contributed by atoms with E-state index in [0.29, 0.717) is 5.41 Å². The van der Waals surface area contributed by atoms with Crippen LogP contribution in [0.2, 0.25) is 0 Å². The zero-order chi connectivity index (χ0) is 13.6. The molecule has 1 aromatic rings. The minimum absolute atomic E-state index is 0.530. The Bertz CT molecular complexity index is 352. The van der Waals surface area contributed by atoms with Crippen LogP contribution in [-0.4, -0.2) is 36.6 Å². The summed E-state index contributed by atoms with van der Waals surface area (Å²) in [6.07, 6.45) is 9.06. The highest BCUT2D eigenvalue weighted by Gasteiger charge is 2.32. The summed E-state index contributed by atoms with van der Waals surface area (Å²) in [7, 11) is 2.25. The van der Waals surface area contributed by atoms with Gasteiger partial charge < -0.3 is 10.2 Å². The van der Waals surface area contributed by atoms with Gasteiger partial charge in [0, 0.05) is 25.5 Å². The molecule has 0 spiro atoms. The molecule has 19 heavy (non-hydrogen) atoms. The van der Waals surface area contributed by atoms with Crippen molar-refractivity contribution in [1.29, 1.82) is 0 Å². The minimum Gasteiger partial charge on any atom is -0.317 e. The third-order valence-electron chi connectivity index (χ3n) is 4.25. The van der Waals surface area contributed by atoms with E-state index in [2.05, 4.69) is 41.3 Å². The van der Waals surface area contributed by atoms with E-state index in [1.54, 1.807) is 0 Å². The summed E-state index contributed by atoms with van der Waals surface area (Å²) >= 11 is 0. The van der Waals surface area contributed by atoms with E-state index >= 15 is 0 Å². The second kappa shape index (κ2) is 7.01. The predicted octanol–water partition coefficient (Wildman–Crippen LogP) is 2.68. The number of aromatic nitrogens is 1. The number of rotatable bonds is 6. The van der Waals surface area contributed by atoms with Gasteiger partial charge in [-0.15, -0.1) is 0 Å². The van der Waals surface area contributed by atoms with Crippen molar-refractivity contribution < 1.29 is 0 Å². The van der Waals surface area contributed by atoms with Crippen LogP contribution in [0.1, 0.15) is 38.2 Å². The number of nitrogens with zero attached hydrogens (tertiary/aromatic N) is 2. The lowest BCUT2D eigenvalue weighted by molar-refractivity contribution is 0.112.